The first kappa shape index (κ1) is 38.0. The van der Waals surface area contributed by atoms with Crippen LogP contribution < -0.4 is 19.5 Å². The van der Waals surface area contributed by atoms with Crippen molar-refractivity contribution >= 4 is 11.6 Å². The van der Waals surface area contributed by atoms with Gasteiger partial charge in [0.15, 0.2) is 0 Å². The highest BCUT2D eigenvalue weighted by Crippen LogP contribution is 2.39. The number of hydrogen-bond donors (Lipinski definition) is 4. The lowest BCUT2D eigenvalue weighted by Crippen LogP contribution is -2.35. The van der Waals surface area contributed by atoms with E-state index < -0.39 is 6.04 Å². The first-order valence-electron chi connectivity index (χ1n) is 17.3. The fraction of sp³-hybridized carbons (Fsp3) is 0.400. The standard InChI is InChI=1S/C40H47ClN4O6/c1-26-31(7-4-8-34(26)35-9-5-10-37(27(35)2)49-14-6-12-45-13-11-33(48)21-45)25-51-39-16-38(50-24-30-15-29(17-42)18-43-19-30)36(28(3)40(39)41)20-44-32(22-46)23-47/h4-5,7-10,15-16,18-19,32-33,44,46-48H,6,11-14,20-25H2,1-3H3. The second kappa shape index (κ2) is 18.3. The summed E-state index contributed by atoms with van der Waals surface area (Å²) in [7, 11) is 0. The second-order valence-corrected chi connectivity index (χ2v) is 13.3. The van der Waals surface area contributed by atoms with E-state index in [0.29, 0.717) is 28.7 Å². The normalized spacial score (nSPS) is 14.5. The van der Waals surface area contributed by atoms with Gasteiger partial charge in [0, 0.05) is 55.8 Å². The van der Waals surface area contributed by atoms with E-state index in [1.54, 1.807) is 18.3 Å². The number of nitrogens with zero attached hydrogens (tertiary/aromatic N) is 3. The van der Waals surface area contributed by atoms with E-state index in [0.717, 1.165) is 82.7 Å². The van der Waals surface area contributed by atoms with E-state index in [9.17, 15) is 20.6 Å². The maximum absolute atomic E-state index is 9.79. The molecular weight excluding hydrogens is 668 g/mol. The Morgan fingerprint density at radius 1 is 0.941 bits per heavy atom. The highest BCUT2D eigenvalue weighted by Gasteiger charge is 2.21. The number of ether oxygens (including phenoxy) is 3. The first-order valence-corrected chi connectivity index (χ1v) is 17.7. The lowest BCUT2D eigenvalue weighted by molar-refractivity contribution is 0.169. The summed E-state index contributed by atoms with van der Waals surface area (Å²) in [6.07, 6.45) is 4.67. The molecule has 51 heavy (non-hydrogen) atoms. The molecule has 0 amide bonds. The van der Waals surface area contributed by atoms with Crippen molar-refractivity contribution in [3.05, 3.63) is 105 Å². The Hall–Kier alpha value is -4.21. The average Bonchev–Trinajstić information content (AvgIpc) is 3.57. The summed E-state index contributed by atoms with van der Waals surface area (Å²) in [4.78, 5) is 6.41. The van der Waals surface area contributed by atoms with Gasteiger partial charge in [0.05, 0.1) is 42.6 Å². The minimum Gasteiger partial charge on any atom is -0.493 e. The Bertz CT molecular complexity index is 1830. The molecule has 1 fully saturated rings. The molecule has 1 aliphatic heterocycles. The highest BCUT2D eigenvalue weighted by molar-refractivity contribution is 6.33. The number of pyridine rings is 1. The number of β-amino-alcohol motifs (C(OH)–C–C–N with tert-alkyl or cyclic N) is 1. The van der Waals surface area contributed by atoms with Crippen LogP contribution in [0, 0.1) is 32.1 Å². The molecule has 270 valence electrons. The molecule has 4 aromatic rings. The molecule has 0 spiro atoms. The number of nitrogens with one attached hydrogen (secondary N) is 1. The molecule has 1 atom stereocenters. The lowest BCUT2D eigenvalue weighted by Gasteiger charge is -2.21. The molecule has 1 saturated heterocycles. The zero-order chi connectivity index (χ0) is 36.3. The maximum Gasteiger partial charge on any atom is 0.142 e. The molecule has 11 heteroatoms. The van der Waals surface area contributed by atoms with Gasteiger partial charge in [0.25, 0.3) is 0 Å². The SMILES string of the molecule is Cc1c(COc2cc(OCc3cncc(C#N)c3)c(CNC(CO)CO)c(C)c2Cl)cccc1-c1cccc(OCCCN2CCC(O)C2)c1C. The van der Waals surface area contributed by atoms with Gasteiger partial charge < -0.3 is 39.7 Å². The van der Waals surface area contributed by atoms with Crippen LogP contribution in [0.1, 0.15) is 51.8 Å². The van der Waals surface area contributed by atoms with Crippen molar-refractivity contribution in [2.45, 2.75) is 65.5 Å². The van der Waals surface area contributed by atoms with Crippen molar-refractivity contribution in [3.63, 3.8) is 0 Å². The van der Waals surface area contributed by atoms with Crippen LogP contribution in [0.25, 0.3) is 11.1 Å². The van der Waals surface area contributed by atoms with Gasteiger partial charge in [-0.25, -0.2) is 0 Å². The van der Waals surface area contributed by atoms with Gasteiger partial charge in [-0.1, -0.05) is 41.9 Å². The van der Waals surface area contributed by atoms with Gasteiger partial charge >= 0.3 is 0 Å². The zero-order valence-electron chi connectivity index (χ0n) is 29.5. The maximum atomic E-state index is 9.79. The van der Waals surface area contributed by atoms with E-state index in [2.05, 4.69) is 47.3 Å². The van der Waals surface area contributed by atoms with Crippen LogP contribution in [0.3, 0.4) is 0 Å². The number of rotatable bonds is 17. The van der Waals surface area contributed by atoms with E-state index in [1.165, 1.54) is 6.20 Å². The molecule has 5 rings (SSSR count). The topological polar surface area (TPSA) is 140 Å². The molecule has 0 saturated carbocycles. The summed E-state index contributed by atoms with van der Waals surface area (Å²) in [5, 5.41) is 41.9. The number of aliphatic hydroxyl groups excluding tert-OH is 3. The van der Waals surface area contributed by atoms with E-state index in [1.807, 2.05) is 31.2 Å². The molecule has 1 aliphatic rings. The Morgan fingerprint density at radius 2 is 1.69 bits per heavy atom. The lowest BCUT2D eigenvalue weighted by atomic mass is 9.93. The number of aliphatic hydroxyl groups is 3. The van der Waals surface area contributed by atoms with Crippen molar-refractivity contribution in [2.24, 2.45) is 0 Å². The minimum absolute atomic E-state index is 0.158. The van der Waals surface area contributed by atoms with Gasteiger partial charge in [-0.2, -0.15) is 5.26 Å². The average molecular weight is 715 g/mol. The van der Waals surface area contributed by atoms with E-state index in [-0.39, 0.29) is 39.1 Å². The van der Waals surface area contributed by atoms with Gasteiger partial charge in [-0.05, 0) is 79.1 Å². The smallest absolute Gasteiger partial charge is 0.142 e. The number of likely N-dealkylation sites (tertiary alicyclic amines) is 1. The quantitative estimate of drug-likeness (QED) is 0.102. The van der Waals surface area contributed by atoms with Gasteiger partial charge in [0.1, 0.15) is 36.5 Å². The summed E-state index contributed by atoms with van der Waals surface area (Å²) < 4.78 is 18.9. The summed E-state index contributed by atoms with van der Waals surface area (Å²) in [6, 6.07) is 17.4. The van der Waals surface area contributed by atoms with Gasteiger partial charge in [-0.15, -0.1) is 0 Å². The molecule has 3 aromatic carbocycles. The third kappa shape index (κ3) is 9.77. The molecule has 0 bridgehead atoms. The van der Waals surface area contributed by atoms with Crippen molar-refractivity contribution < 1.29 is 29.5 Å². The van der Waals surface area contributed by atoms with Crippen LogP contribution in [0.5, 0.6) is 17.2 Å². The van der Waals surface area contributed by atoms with Crippen molar-refractivity contribution in [2.75, 3.05) is 39.5 Å². The molecular formula is C40H47ClN4O6. The van der Waals surface area contributed by atoms with Crippen LogP contribution in [0.4, 0.5) is 0 Å². The number of halogens is 1. The summed E-state index contributed by atoms with van der Waals surface area (Å²) >= 11 is 6.90. The molecule has 1 aromatic heterocycles. The largest absolute Gasteiger partial charge is 0.493 e. The van der Waals surface area contributed by atoms with Crippen LogP contribution in [0.2, 0.25) is 5.02 Å². The minimum atomic E-state index is -0.509. The Kier molecular flexibility index (Phi) is 13.7. The third-order valence-corrected chi connectivity index (χ3v) is 9.88. The van der Waals surface area contributed by atoms with Crippen LogP contribution in [-0.4, -0.2) is 76.8 Å². The first-order chi connectivity index (χ1) is 24.7. The van der Waals surface area contributed by atoms with Gasteiger partial charge in [0.2, 0.25) is 0 Å². The van der Waals surface area contributed by atoms with Crippen LogP contribution >= 0.6 is 11.6 Å². The molecule has 1 unspecified atom stereocenters. The molecule has 0 radical (unpaired) electrons. The zero-order valence-corrected chi connectivity index (χ0v) is 30.2. The summed E-state index contributed by atoms with van der Waals surface area (Å²) in [5.41, 5.74) is 8.00. The highest BCUT2D eigenvalue weighted by atomic mass is 35.5. The molecule has 2 heterocycles. The van der Waals surface area contributed by atoms with Crippen molar-refractivity contribution in [1.82, 2.24) is 15.2 Å². The number of benzene rings is 3. The number of hydrogen-bond acceptors (Lipinski definition) is 10. The predicted molar refractivity (Wildman–Crippen MR) is 197 cm³/mol. The number of aromatic nitrogens is 1. The van der Waals surface area contributed by atoms with Crippen molar-refractivity contribution in [1.29, 1.82) is 5.26 Å². The Labute approximate surface area is 305 Å². The Balaban J connectivity index is 1.33. The summed E-state index contributed by atoms with van der Waals surface area (Å²) in [6.45, 7) is 9.50. The molecule has 10 nitrogen and oxygen atoms in total. The fourth-order valence-corrected chi connectivity index (χ4v) is 6.51. The second-order valence-electron chi connectivity index (χ2n) is 13.0. The fourth-order valence-electron chi connectivity index (χ4n) is 6.28. The van der Waals surface area contributed by atoms with Gasteiger partial charge in [-0.3, -0.25) is 4.98 Å². The molecule has 0 aliphatic carbocycles. The molecule has 4 N–H and O–H groups in total. The Morgan fingerprint density at radius 3 is 2.41 bits per heavy atom. The summed E-state index contributed by atoms with van der Waals surface area (Å²) in [5.74, 6) is 1.84. The van der Waals surface area contributed by atoms with E-state index in [4.69, 9.17) is 25.8 Å². The van der Waals surface area contributed by atoms with Crippen LogP contribution in [0.15, 0.2) is 60.9 Å². The number of nitriles is 1. The van der Waals surface area contributed by atoms with Crippen LogP contribution in [-0.2, 0) is 19.8 Å². The van der Waals surface area contributed by atoms with Crippen molar-refractivity contribution in [3.8, 4) is 34.4 Å². The van der Waals surface area contributed by atoms with E-state index >= 15 is 0 Å². The monoisotopic (exact) mass is 714 g/mol. The predicted octanol–water partition coefficient (Wildman–Crippen LogP) is 5.64. The third-order valence-electron chi connectivity index (χ3n) is 9.41.